The number of furan rings is 1. The van der Waals surface area contributed by atoms with Gasteiger partial charge in [-0.05, 0) is 49.9 Å². The summed E-state index contributed by atoms with van der Waals surface area (Å²) >= 11 is 2.80. The minimum atomic E-state index is -0.693. The number of hydrogen-bond acceptors (Lipinski definition) is 8. The molecule has 2 aromatic heterocycles. The van der Waals surface area contributed by atoms with Crippen LogP contribution in [0.3, 0.4) is 0 Å². The Bertz CT molecular complexity index is 1800. The van der Waals surface area contributed by atoms with Gasteiger partial charge in [0.25, 0.3) is 10.5 Å². The molecule has 0 saturated carbocycles. The summed E-state index contributed by atoms with van der Waals surface area (Å²) in [5, 5.41) is 9.20. The van der Waals surface area contributed by atoms with E-state index in [2.05, 4.69) is 4.99 Å². The Labute approximate surface area is 230 Å². The quantitative estimate of drug-likeness (QED) is 0.199. The molecule has 198 valence electrons. The van der Waals surface area contributed by atoms with Gasteiger partial charge in [-0.25, -0.2) is 15.0 Å². The Balaban J connectivity index is 1.61. The zero-order chi connectivity index (χ0) is 27.7. The summed E-state index contributed by atoms with van der Waals surface area (Å²) in [7, 11) is 0. The highest BCUT2D eigenvalue weighted by Gasteiger charge is 2.33. The Morgan fingerprint density at radius 3 is 2.69 bits per heavy atom. The van der Waals surface area contributed by atoms with Crippen LogP contribution >= 0.6 is 23.1 Å². The zero-order valence-corrected chi connectivity index (χ0v) is 22.9. The van der Waals surface area contributed by atoms with Crippen molar-refractivity contribution < 1.29 is 24.1 Å². The maximum atomic E-state index is 13.7. The van der Waals surface area contributed by atoms with Gasteiger partial charge in [0.2, 0.25) is 0 Å². The molecule has 2 aromatic carbocycles. The van der Waals surface area contributed by atoms with Crippen LogP contribution in [0.2, 0.25) is 0 Å². The largest absolute Gasteiger partial charge is 0.463 e. The van der Waals surface area contributed by atoms with Gasteiger partial charge in [0.15, 0.2) is 4.80 Å². The molecule has 0 fully saturated rings. The van der Waals surface area contributed by atoms with Crippen molar-refractivity contribution >= 4 is 40.8 Å². The molecule has 1 aliphatic rings. The first-order valence-electron chi connectivity index (χ1n) is 12.0. The smallest absolute Gasteiger partial charge is 0.338 e. The Morgan fingerprint density at radius 1 is 1.23 bits per heavy atom. The molecule has 1 atom stereocenters. The first-order valence-corrected chi connectivity index (χ1v) is 14.0. The van der Waals surface area contributed by atoms with Gasteiger partial charge in [0.05, 0.1) is 33.4 Å². The SMILES string of the molecule is CCOC(=O)C1=C(C)N=c2s/c(=C\c3ccc(-c4cccc([N+](=O)O)c4)o3)c(=O)n2C1c1ccc(SC)cc1. The highest BCUT2D eigenvalue weighted by atomic mass is 32.2. The molecule has 4 aromatic rings. The van der Waals surface area contributed by atoms with E-state index in [0.717, 1.165) is 10.5 Å². The number of hydrogen-bond donors (Lipinski definition) is 1. The number of fused-ring (bicyclic) bond motifs is 1. The summed E-state index contributed by atoms with van der Waals surface area (Å²) in [6.07, 6.45) is 3.61. The van der Waals surface area contributed by atoms with Crippen LogP contribution in [0.1, 0.15) is 31.2 Å². The lowest BCUT2D eigenvalue weighted by molar-refractivity contribution is -0.729. The van der Waals surface area contributed by atoms with E-state index < -0.39 is 12.0 Å². The van der Waals surface area contributed by atoms with Gasteiger partial charge in [-0.1, -0.05) is 35.6 Å². The molecule has 0 spiro atoms. The van der Waals surface area contributed by atoms with Crippen molar-refractivity contribution in [3.8, 4) is 11.3 Å². The van der Waals surface area contributed by atoms with Crippen molar-refractivity contribution in [2.45, 2.75) is 24.8 Å². The van der Waals surface area contributed by atoms with Gasteiger partial charge in [-0.3, -0.25) is 9.36 Å². The molecular weight excluding hydrogens is 538 g/mol. The minimum Gasteiger partial charge on any atom is -0.463 e. The van der Waals surface area contributed by atoms with Crippen molar-refractivity contribution in [2.75, 3.05) is 12.9 Å². The predicted molar refractivity (Wildman–Crippen MR) is 148 cm³/mol. The number of carbonyl (C=O) groups excluding carboxylic acids is 1. The van der Waals surface area contributed by atoms with E-state index in [1.165, 1.54) is 28.0 Å². The summed E-state index contributed by atoms with van der Waals surface area (Å²) in [6, 6.07) is 16.8. The number of esters is 1. The van der Waals surface area contributed by atoms with Gasteiger partial charge in [-0.15, -0.1) is 11.8 Å². The number of thiazole rings is 1. The maximum absolute atomic E-state index is 13.7. The summed E-state index contributed by atoms with van der Waals surface area (Å²) in [5.74, 6) is 0.375. The number of allylic oxidation sites excluding steroid dienone is 1. The molecule has 11 heteroatoms. The normalized spacial score (nSPS) is 15.2. The first-order chi connectivity index (χ1) is 18.8. The number of carbonyl (C=O) groups is 1. The molecule has 0 aliphatic carbocycles. The van der Waals surface area contributed by atoms with Crippen molar-refractivity contribution in [2.24, 2.45) is 4.99 Å². The zero-order valence-electron chi connectivity index (χ0n) is 21.3. The van der Waals surface area contributed by atoms with Gasteiger partial charge < -0.3 is 9.15 Å². The standard InChI is InChI=1S/C28H24N3O6S2/c1-4-36-27(33)24-16(2)29-28-30(25(24)17-8-11-21(38-3)12-9-17)26(32)23(39-28)15-20-10-13-22(37-20)18-6-5-7-19(14-18)31(34)35/h5-15,25H,4H2,1-3H3,(H,34,35)/q+1/b23-15-. The minimum absolute atomic E-state index is 0.0668. The highest BCUT2D eigenvalue weighted by Crippen LogP contribution is 2.32. The Morgan fingerprint density at radius 2 is 2.00 bits per heavy atom. The van der Waals surface area contributed by atoms with E-state index >= 15 is 0 Å². The van der Waals surface area contributed by atoms with Crippen LogP contribution in [0.15, 0.2) is 91.0 Å². The molecule has 0 bridgehead atoms. The van der Waals surface area contributed by atoms with E-state index in [9.17, 15) is 19.7 Å². The highest BCUT2D eigenvalue weighted by molar-refractivity contribution is 7.98. The molecule has 0 amide bonds. The molecule has 9 nitrogen and oxygen atoms in total. The van der Waals surface area contributed by atoms with Crippen LogP contribution in [0.4, 0.5) is 5.69 Å². The summed E-state index contributed by atoms with van der Waals surface area (Å²) in [5.41, 5.74) is 1.94. The average molecular weight is 563 g/mol. The summed E-state index contributed by atoms with van der Waals surface area (Å²) in [6.45, 7) is 3.68. The van der Waals surface area contributed by atoms with Crippen LogP contribution in [-0.4, -0.2) is 33.5 Å². The van der Waals surface area contributed by atoms with Gasteiger partial charge in [0.1, 0.15) is 11.5 Å². The molecule has 0 radical (unpaired) electrons. The molecule has 1 unspecified atom stereocenters. The van der Waals surface area contributed by atoms with Crippen LogP contribution in [0.5, 0.6) is 0 Å². The fraction of sp³-hybridized carbons (Fsp3) is 0.179. The van der Waals surface area contributed by atoms with Crippen molar-refractivity contribution in [1.29, 1.82) is 0 Å². The third-order valence-corrected chi connectivity index (χ3v) is 7.93. The third kappa shape index (κ3) is 5.10. The van der Waals surface area contributed by atoms with Crippen LogP contribution in [-0.2, 0) is 9.53 Å². The molecule has 0 saturated heterocycles. The molecular formula is C28H24N3O6S2+. The molecule has 1 N–H and O–H groups in total. The molecule has 5 rings (SSSR count). The van der Waals surface area contributed by atoms with E-state index in [1.807, 2.05) is 30.5 Å². The lowest BCUT2D eigenvalue weighted by Gasteiger charge is -2.24. The second-order valence-corrected chi connectivity index (χ2v) is 10.5. The lowest BCUT2D eigenvalue weighted by Crippen LogP contribution is -2.39. The van der Waals surface area contributed by atoms with Crippen LogP contribution in [0.25, 0.3) is 17.4 Å². The Hall–Kier alpha value is -4.22. The number of ether oxygens (including phenoxy) is 1. The monoisotopic (exact) mass is 562 g/mol. The Kier molecular flexibility index (Phi) is 7.36. The van der Waals surface area contributed by atoms with Gasteiger partial charge >= 0.3 is 11.7 Å². The fourth-order valence-electron chi connectivity index (χ4n) is 4.39. The molecule has 39 heavy (non-hydrogen) atoms. The number of aromatic nitrogens is 1. The second-order valence-electron chi connectivity index (χ2n) is 8.60. The van der Waals surface area contributed by atoms with Crippen LogP contribution < -0.4 is 14.9 Å². The van der Waals surface area contributed by atoms with E-state index in [4.69, 9.17) is 9.15 Å². The van der Waals surface area contributed by atoms with Gasteiger partial charge in [0, 0.05) is 28.7 Å². The number of nitrogens with zero attached hydrogens (tertiary/aromatic N) is 3. The van der Waals surface area contributed by atoms with E-state index in [0.29, 0.717) is 37.7 Å². The van der Waals surface area contributed by atoms with Crippen LogP contribution in [0, 0.1) is 4.91 Å². The topological polar surface area (TPSA) is 114 Å². The third-order valence-electron chi connectivity index (χ3n) is 6.20. The van der Waals surface area contributed by atoms with Crippen molar-refractivity contribution in [1.82, 2.24) is 4.57 Å². The average Bonchev–Trinajstić information content (AvgIpc) is 3.52. The molecule has 3 heterocycles. The van der Waals surface area contributed by atoms with Crippen molar-refractivity contribution in [3.63, 3.8) is 0 Å². The first kappa shape index (κ1) is 26.4. The number of benzene rings is 2. The fourth-order valence-corrected chi connectivity index (χ4v) is 5.82. The number of thioether (sulfide) groups is 1. The van der Waals surface area contributed by atoms with E-state index in [1.54, 1.807) is 56.0 Å². The van der Waals surface area contributed by atoms with E-state index in [-0.39, 0.29) is 22.8 Å². The second kappa shape index (κ2) is 10.9. The predicted octanol–water partition coefficient (Wildman–Crippen LogP) is 4.58. The van der Waals surface area contributed by atoms with Gasteiger partial charge in [-0.2, -0.15) is 0 Å². The maximum Gasteiger partial charge on any atom is 0.338 e. The summed E-state index contributed by atoms with van der Waals surface area (Å²) < 4.78 is 13.2. The summed E-state index contributed by atoms with van der Waals surface area (Å²) in [4.78, 5) is 43.9. The molecule has 1 aliphatic heterocycles. The number of rotatable bonds is 7. The van der Waals surface area contributed by atoms with Crippen molar-refractivity contribution in [3.05, 3.63) is 108 Å². The lowest BCUT2D eigenvalue weighted by atomic mass is 9.96.